The lowest BCUT2D eigenvalue weighted by molar-refractivity contribution is 0.475. The van der Waals surface area contributed by atoms with Gasteiger partial charge in [0.25, 0.3) is 5.56 Å². The zero-order valence-corrected chi connectivity index (χ0v) is 7.19. The Morgan fingerprint density at radius 3 is 2.85 bits per heavy atom. The number of aromatic nitrogens is 1. The Balaban J connectivity index is 2.95. The number of pyridine rings is 2. The van der Waals surface area contributed by atoms with Crippen LogP contribution in [0.4, 0.5) is 0 Å². The van der Waals surface area contributed by atoms with Gasteiger partial charge in [0.05, 0.1) is 5.52 Å². The molecule has 0 aromatic carbocycles. The van der Waals surface area contributed by atoms with Crippen LogP contribution in [0.3, 0.4) is 0 Å². The fraction of sp³-hybridized carbons (Fsp3) is 0.100. The summed E-state index contributed by atoms with van der Waals surface area (Å²) in [5.41, 5.74) is 1.54. The molecule has 0 atom stereocenters. The lowest BCUT2D eigenvalue weighted by Crippen LogP contribution is -2.11. The zero-order chi connectivity index (χ0) is 9.42. The highest BCUT2D eigenvalue weighted by Gasteiger charge is 1.97. The molecule has 0 amide bonds. The molecule has 2 heterocycles. The van der Waals surface area contributed by atoms with Crippen molar-refractivity contribution in [1.29, 1.82) is 0 Å². The summed E-state index contributed by atoms with van der Waals surface area (Å²) in [6.07, 6.45) is 1.56. The second-order valence-corrected chi connectivity index (χ2v) is 3.05. The minimum atomic E-state index is -0.0741. The van der Waals surface area contributed by atoms with E-state index in [1.165, 1.54) is 10.5 Å². The Kier molecular flexibility index (Phi) is 1.59. The summed E-state index contributed by atoms with van der Waals surface area (Å²) in [4.78, 5) is 11.4. The molecule has 0 saturated carbocycles. The summed E-state index contributed by atoms with van der Waals surface area (Å²) in [5.74, 6) is 0.171. The predicted octanol–water partition coefficient (Wildman–Crippen LogP) is 1.31. The van der Waals surface area contributed by atoms with E-state index in [4.69, 9.17) is 0 Å². The molecule has 2 rings (SSSR count). The first-order valence-electron chi connectivity index (χ1n) is 3.99. The Morgan fingerprint density at radius 1 is 1.31 bits per heavy atom. The SMILES string of the molecule is Cc1cc(=O)n2ccc(O)cc2c1. The van der Waals surface area contributed by atoms with Crippen molar-refractivity contribution in [1.82, 2.24) is 4.40 Å². The molecular weight excluding hydrogens is 166 g/mol. The van der Waals surface area contributed by atoms with Gasteiger partial charge in [-0.1, -0.05) is 0 Å². The van der Waals surface area contributed by atoms with Crippen molar-refractivity contribution in [3.05, 3.63) is 46.4 Å². The third-order valence-corrected chi connectivity index (χ3v) is 1.93. The van der Waals surface area contributed by atoms with Crippen LogP contribution in [-0.4, -0.2) is 9.51 Å². The van der Waals surface area contributed by atoms with E-state index in [2.05, 4.69) is 0 Å². The monoisotopic (exact) mass is 175 g/mol. The topological polar surface area (TPSA) is 41.7 Å². The predicted molar refractivity (Wildman–Crippen MR) is 50.1 cm³/mol. The number of hydrogen-bond donors (Lipinski definition) is 1. The van der Waals surface area contributed by atoms with Crippen molar-refractivity contribution in [3.63, 3.8) is 0 Å². The van der Waals surface area contributed by atoms with Gasteiger partial charge in [-0.2, -0.15) is 0 Å². The van der Waals surface area contributed by atoms with Crippen molar-refractivity contribution >= 4 is 5.52 Å². The molecule has 3 nitrogen and oxygen atoms in total. The van der Waals surface area contributed by atoms with Crippen molar-refractivity contribution in [2.45, 2.75) is 6.92 Å². The molecule has 0 spiro atoms. The first kappa shape index (κ1) is 7.86. The van der Waals surface area contributed by atoms with E-state index in [0.29, 0.717) is 5.52 Å². The van der Waals surface area contributed by atoms with Gasteiger partial charge in [0.1, 0.15) is 5.75 Å². The molecule has 2 aromatic heterocycles. The Morgan fingerprint density at radius 2 is 2.08 bits per heavy atom. The fourth-order valence-electron chi connectivity index (χ4n) is 1.36. The molecule has 2 aromatic rings. The smallest absolute Gasteiger partial charge is 0.255 e. The van der Waals surface area contributed by atoms with E-state index in [1.54, 1.807) is 18.3 Å². The highest BCUT2D eigenvalue weighted by atomic mass is 16.3. The molecule has 0 aliphatic carbocycles. The molecule has 66 valence electrons. The first-order valence-corrected chi connectivity index (χ1v) is 3.99. The van der Waals surface area contributed by atoms with Crippen molar-refractivity contribution < 1.29 is 5.11 Å². The normalized spacial score (nSPS) is 10.5. The largest absolute Gasteiger partial charge is 0.508 e. The summed E-state index contributed by atoms with van der Waals surface area (Å²) in [5, 5.41) is 9.20. The molecule has 0 saturated heterocycles. The minimum absolute atomic E-state index is 0.0741. The zero-order valence-electron chi connectivity index (χ0n) is 7.19. The van der Waals surface area contributed by atoms with E-state index >= 15 is 0 Å². The summed E-state index contributed by atoms with van der Waals surface area (Å²) in [7, 11) is 0. The van der Waals surface area contributed by atoms with Crippen molar-refractivity contribution in [2.24, 2.45) is 0 Å². The average molecular weight is 175 g/mol. The molecule has 0 unspecified atom stereocenters. The lowest BCUT2D eigenvalue weighted by atomic mass is 10.2. The highest BCUT2D eigenvalue weighted by molar-refractivity contribution is 5.51. The molecule has 0 aliphatic rings. The maximum Gasteiger partial charge on any atom is 0.255 e. The van der Waals surface area contributed by atoms with Gasteiger partial charge < -0.3 is 5.11 Å². The maximum absolute atomic E-state index is 11.4. The number of hydrogen-bond acceptors (Lipinski definition) is 2. The van der Waals surface area contributed by atoms with Gasteiger partial charge in [-0.25, -0.2) is 0 Å². The van der Waals surface area contributed by atoms with Crippen LogP contribution in [0, 0.1) is 6.92 Å². The van der Waals surface area contributed by atoms with Gasteiger partial charge in [-0.15, -0.1) is 0 Å². The van der Waals surface area contributed by atoms with Crippen LogP contribution in [0.1, 0.15) is 5.56 Å². The number of rotatable bonds is 0. The van der Waals surface area contributed by atoms with Crippen LogP contribution < -0.4 is 5.56 Å². The molecule has 0 aliphatic heterocycles. The van der Waals surface area contributed by atoms with E-state index < -0.39 is 0 Å². The van der Waals surface area contributed by atoms with E-state index in [0.717, 1.165) is 5.56 Å². The summed E-state index contributed by atoms with van der Waals surface area (Å²) in [6.45, 7) is 1.85. The van der Waals surface area contributed by atoms with Crippen molar-refractivity contribution in [3.8, 4) is 5.75 Å². The van der Waals surface area contributed by atoms with E-state index in [1.807, 2.05) is 13.0 Å². The Bertz CT molecular complexity index is 509. The van der Waals surface area contributed by atoms with Gasteiger partial charge in [0.15, 0.2) is 0 Å². The second-order valence-electron chi connectivity index (χ2n) is 3.05. The molecule has 13 heavy (non-hydrogen) atoms. The minimum Gasteiger partial charge on any atom is -0.508 e. The molecule has 1 N–H and O–H groups in total. The molecule has 3 heteroatoms. The quantitative estimate of drug-likeness (QED) is 0.656. The van der Waals surface area contributed by atoms with Crippen LogP contribution in [0.2, 0.25) is 0 Å². The standard InChI is InChI=1S/C10H9NO2/c1-7-4-8-6-9(12)2-3-11(8)10(13)5-7/h2-6,12H,1H3. The molecule has 0 bridgehead atoms. The van der Waals surface area contributed by atoms with Crippen LogP contribution in [0.15, 0.2) is 35.3 Å². The number of aryl methyl sites for hydroxylation is 1. The van der Waals surface area contributed by atoms with Crippen LogP contribution in [0.5, 0.6) is 5.75 Å². The second kappa shape index (κ2) is 2.62. The molecule has 0 radical (unpaired) electrons. The van der Waals surface area contributed by atoms with Crippen molar-refractivity contribution in [2.75, 3.05) is 0 Å². The van der Waals surface area contributed by atoms with Crippen LogP contribution in [0.25, 0.3) is 5.52 Å². The van der Waals surface area contributed by atoms with E-state index in [-0.39, 0.29) is 11.3 Å². The Hall–Kier alpha value is -1.77. The number of nitrogens with zero attached hydrogens (tertiary/aromatic N) is 1. The van der Waals surface area contributed by atoms with Crippen LogP contribution >= 0.6 is 0 Å². The molecule has 0 fully saturated rings. The lowest BCUT2D eigenvalue weighted by Gasteiger charge is -2.01. The third kappa shape index (κ3) is 1.28. The highest BCUT2D eigenvalue weighted by Crippen LogP contribution is 2.11. The number of fused-ring (bicyclic) bond motifs is 1. The van der Waals surface area contributed by atoms with Gasteiger partial charge in [0.2, 0.25) is 0 Å². The molecular formula is C10H9NO2. The first-order chi connectivity index (χ1) is 6.16. The Labute approximate surface area is 74.9 Å². The van der Waals surface area contributed by atoms with E-state index in [9.17, 15) is 9.90 Å². The van der Waals surface area contributed by atoms with Gasteiger partial charge in [-0.05, 0) is 24.6 Å². The van der Waals surface area contributed by atoms with Gasteiger partial charge in [0, 0.05) is 18.3 Å². The van der Waals surface area contributed by atoms with Gasteiger partial charge in [-0.3, -0.25) is 9.20 Å². The average Bonchev–Trinajstić information content (AvgIpc) is 2.02. The van der Waals surface area contributed by atoms with Crippen LogP contribution in [-0.2, 0) is 0 Å². The summed E-state index contributed by atoms with van der Waals surface area (Å²) < 4.78 is 1.49. The maximum atomic E-state index is 11.4. The fourth-order valence-corrected chi connectivity index (χ4v) is 1.36. The van der Waals surface area contributed by atoms with Gasteiger partial charge >= 0.3 is 0 Å². The summed E-state index contributed by atoms with van der Waals surface area (Å²) >= 11 is 0. The number of aromatic hydroxyl groups is 1. The third-order valence-electron chi connectivity index (χ3n) is 1.93. The summed E-state index contributed by atoms with van der Waals surface area (Å²) in [6, 6.07) is 6.46.